The molecule has 2 N–H and O–H groups in total. The van der Waals surface area contributed by atoms with Gasteiger partial charge in [-0.25, -0.2) is 9.97 Å². The van der Waals surface area contributed by atoms with Crippen molar-refractivity contribution in [1.82, 2.24) is 15.3 Å². The monoisotopic (exact) mass is 222 g/mol. The van der Waals surface area contributed by atoms with Crippen molar-refractivity contribution in [3.8, 4) is 0 Å². The van der Waals surface area contributed by atoms with Crippen LogP contribution in [0, 0.1) is 6.92 Å². The summed E-state index contributed by atoms with van der Waals surface area (Å²) >= 11 is 0. The van der Waals surface area contributed by atoms with Gasteiger partial charge < -0.3 is 15.4 Å². The molecular weight excluding hydrogens is 208 g/mol. The van der Waals surface area contributed by atoms with Gasteiger partial charge in [-0.1, -0.05) is 0 Å². The van der Waals surface area contributed by atoms with E-state index in [4.69, 9.17) is 0 Å². The Bertz CT molecular complexity index is 392. The topological polar surface area (TPSA) is 84.0 Å². The summed E-state index contributed by atoms with van der Waals surface area (Å²) in [5.41, 5.74) is 1.01. The first-order chi connectivity index (χ1) is 7.70. The van der Waals surface area contributed by atoms with Gasteiger partial charge in [0.2, 0.25) is 0 Å². The molecule has 0 radical (unpaired) electrons. The van der Waals surface area contributed by atoms with Crippen LogP contribution >= 0.6 is 0 Å². The zero-order valence-electron chi connectivity index (χ0n) is 9.28. The van der Waals surface area contributed by atoms with E-state index >= 15 is 0 Å². The van der Waals surface area contributed by atoms with Gasteiger partial charge in [-0.15, -0.1) is 0 Å². The van der Waals surface area contributed by atoms with Gasteiger partial charge in [0, 0.05) is 25.6 Å². The van der Waals surface area contributed by atoms with Gasteiger partial charge in [0.15, 0.2) is 0 Å². The molecule has 0 fully saturated rings. The highest BCUT2D eigenvalue weighted by Gasteiger charge is 2.12. The summed E-state index contributed by atoms with van der Waals surface area (Å²) in [4.78, 5) is 29.7. The molecule has 1 rings (SSSR count). The lowest BCUT2D eigenvalue weighted by Crippen LogP contribution is -2.26. The smallest absolute Gasteiger partial charge is 0.270 e. The fraction of sp³-hybridized carbons (Fsp3) is 0.400. The standard InChI is InChI=1S/C10H14N4O2/c1-7-8(10(16)12-4-3-5-15)13-6-14-9(7)11-2/h5-6H,3-4H2,1-2H3,(H,12,16)(H,11,13,14). The summed E-state index contributed by atoms with van der Waals surface area (Å²) in [6.07, 6.45) is 2.38. The summed E-state index contributed by atoms with van der Waals surface area (Å²) in [6.45, 7) is 2.08. The Morgan fingerprint density at radius 2 is 2.25 bits per heavy atom. The number of aldehydes is 1. The van der Waals surface area contributed by atoms with Gasteiger partial charge in [-0.3, -0.25) is 4.79 Å². The fourth-order valence-corrected chi connectivity index (χ4v) is 1.26. The van der Waals surface area contributed by atoms with Gasteiger partial charge in [0.25, 0.3) is 5.91 Å². The lowest BCUT2D eigenvalue weighted by molar-refractivity contribution is -0.107. The van der Waals surface area contributed by atoms with Crippen LogP contribution in [0.5, 0.6) is 0 Å². The molecule has 0 saturated heterocycles. The maximum absolute atomic E-state index is 11.7. The second-order valence-corrected chi connectivity index (χ2v) is 3.16. The molecule has 0 aliphatic heterocycles. The van der Waals surface area contributed by atoms with E-state index in [1.54, 1.807) is 14.0 Å². The Morgan fingerprint density at radius 3 is 2.88 bits per heavy atom. The van der Waals surface area contributed by atoms with Gasteiger partial charge in [0.1, 0.15) is 24.1 Å². The molecule has 6 heteroatoms. The number of hydrogen-bond donors (Lipinski definition) is 2. The molecule has 1 aromatic rings. The number of aromatic nitrogens is 2. The minimum Gasteiger partial charge on any atom is -0.373 e. The Morgan fingerprint density at radius 1 is 1.50 bits per heavy atom. The number of carbonyl (C=O) groups excluding carboxylic acids is 2. The van der Waals surface area contributed by atoms with Crippen molar-refractivity contribution in [3.63, 3.8) is 0 Å². The first kappa shape index (κ1) is 12.1. The molecule has 0 aromatic carbocycles. The third-order valence-corrected chi connectivity index (χ3v) is 2.08. The summed E-state index contributed by atoms with van der Waals surface area (Å²) in [5, 5.41) is 5.47. The molecule has 1 aromatic heterocycles. The van der Waals surface area contributed by atoms with Crippen molar-refractivity contribution in [2.24, 2.45) is 0 Å². The molecule has 1 heterocycles. The number of amides is 1. The maximum Gasteiger partial charge on any atom is 0.270 e. The first-order valence-corrected chi connectivity index (χ1v) is 4.92. The molecule has 0 bridgehead atoms. The lowest BCUT2D eigenvalue weighted by atomic mass is 10.2. The van der Waals surface area contributed by atoms with E-state index in [1.165, 1.54) is 6.33 Å². The van der Waals surface area contributed by atoms with Crippen molar-refractivity contribution in [1.29, 1.82) is 0 Å². The summed E-state index contributed by atoms with van der Waals surface area (Å²) in [5.74, 6) is 0.328. The van der Waals surface area contributed by atoms with E-state index in [0.717, 1.165) is 6.29 Å². The second-order valence-electron chi connectivity index (χ2n) is 3.16. The van der Waals surface area contributed by atoms with E-state index in [1.807, 2.05) is 0 Å². The third-order valence-electron chi connectivity index (χ3n) is 2.08. The molecule has 0 spiro atoms. The third kappa shape index (κ3) is 2.75. The van der Waals surface area contributed by atoms with Gasteiger partial charge >= 0.3 is 0 Å². The fourth-order valence-electron chi connectivity index (χ4n) is 1.26. The van der Waals surface area contributed by atoms with Crippen LogP contribution in [0.15, 0.2) is 6.33 Å². The van der Waals surface area contributed by atoms with E-state index in [9.17, 15) is 9.59 Å². The predicted molar refractivity (Wildman–Crippen MR) is 59.3 cm³/mol. The highest BCUT2D eigenvalue weighted by atomic mass is 16.2. The second kappa shape index (κ2) is 5.79. The molecule has 6 nitrogen and oxygen atoms in total. The number of rotatable bonds is 5. The van der Waals surface area contributed by atoms with Crippen molar-refractivity contribution in [3.05, 3.63) is 17.6 Å². The summed E-state index contributed by atoms with van der Waals surface area (Å²) < 4.78 is 0. The van der Waals surface area contributed by atoms with Crippen LogP contribution in [0.3, 0.4) is 0 Å². The number of hydrogen-bond acceptors (Lipinski definition) is 5. The van der Waals surface area contributed by atoms with E-state index in [0.29, 0.717) is 30.0 Å². The largest absolute Gasteiger partial charge is 0.373 e. The van der Waals surface area contributed by atoms with Crippen LogP contribution in [0.1, 0.15) is 22.5 Å². The van der Waals surface area contributed by atoms with Gasteiger partial charge in [-0.2, -0.15) is 0 Å². The van der Waals surface area contributed by atoms with Crippen molar-refractivity contribution in [2.45, 2.75) is 13.3 Å². The van der Waals surface area contributed by atoms with Crippen LogP contribution < -0.4 is 10.6 Å². The molecule has 0 unspecified atom stereocenters. The number of nitrogens with one attached hydrogen (secondary N) is 2. The SMILES string of the molecule is CNc1ncnc(C(=O)NCCC=O)c1C. The van der Waals surface area contributed by atoms with E-state index in [2.05, 4.69) is 20.6 Å². The van der Waals surface area contributed by atoms with Crippen LogP contribution in [0.4, 0.5) is 5.82 Å². The van der Waals surface area contributed by atoms with Crippen LogP contribution in [-0.4, -0.2) is 35.8 Å². The molecule has 86 valence electrons. The highest BCUT2D eigenvalue weighted by molar-refractivity contribution is 5.94. The first-order valence-electron chi connectivity index (χ1n) is 4.92. The number of nitrogens with zero attached hydrogens (tertiary/aromatic N) is 2. The average molecular weight is 222 g/mol. The zero-order valence-corrected chi connectivity index (χ0v) is 9.28. The van der Waals surface area contributed by atoms with Gasteiger partial charge in [0.05, 0.1) is 0 Å². The van der Waals surface area contributed by atoms with Crippen molar-refractivity contribution >= 4 is 18.0 Å². The Hall–Kier alpha value is -1.98. The Kier molecular flexibility index (Phi) is 4.38. The van der Waals surface area contributed by atoms with Crippen LogP contribution in [0.25, 0.3) is 0 Å². The molecule has 16 heavy (non-hydrogen) atoms. The molecule has 0 aliphatic rings. The predicted octanol–water partition coefficient (Wildman–Crippen LogP) is 0.146. The molecule has 1 amide bonds. The quantitative estimate of drug-likeness (QED) is 0.547. The maximum atomic E-state index is 11.7. The lowest BCUT2D eigenvalue weighted by Gasteiger charge is -2.08. The number of anilines is 1. The molecule has 0 aliphatic carbocycles. The van der Waals surface area contributed by atoms with E-state index < -0.39 is 0 Å². The number of carbonyl (C=O) groups is 2. The average Bonchev–Trinajstić information content (AvgIpc) is 2.29. The minimum absolute atomic E-state index is 0.293. The minimum atomic E-state index is -0.293. The van der Waals surface area contributed by atoms with Crippen LogP contribution in [-0.2, 0) is 4.79 Å². The molecular formula is C10H14N4O2. The van der Waals surface area contributed by atoms with Crippen molar-refractivity contribution in [2.75, 3.05) is 18.9 Å². The highest BCUT2D eigenvalue weighted by Crippen LogP contribution is 2.12. The van der Waals surface area contributed by atoms with E-state index in [-0.39, 0.29) is 5.91 Å². The van der Waals surface area contributed by atoms with Crippen molar-refractivity contribution < 1.29 is 9.59 Å². The summed E-state index contributed by atoms with van der Waals surface area (Å²) in [7, 11) is 1.73. The molecule has 0 saturated carbocycles. The normalized spacial score (nSPS) is 9.62. The van der Waals surface area contributed by atoms with Crippen LogP contribution in [0.2, 0.25) is 0 Å². The summed E-state index contributed by atoms with van der Waals surface area (Å²) in [6, 6.07) is 0. The van der Waals surface area contributed by atoms with Gasteiger partial charge in [-0.05, 0) is 6.92 Å². The Balaban J connectivity index is 2.79. The molecule has 0 atom stereocenters. The zero-order chi connectivity index (χ0) is 12.0. The Labute approximate surface area is 93.5 Å².